The number of carbonyl (C=O) groups excluding carboxylic acids is 4. The van der Waals surface area contributed by atoms with E-state index in [4.69, 9.17) is 8.37 Å². The zero-order chi connectivity index (χ0) is 17.6. The van der Waals surface area contributed by atoms with E-state index in [2.05, 4.69) is 9.47 Å². The summed E-state index contributed by atoms with van der Waals surface area (Å²) < 4.78 is 19.5. The van der Waals surface area contributed by atoms with Crippen molar-refractivity contribution in [3.63, 3.8) is 0 Å². The number of carbonyl (C=O) groups is 4. The van der Waals surface area contributed by atoms with E-state index in [-0.39, 0.29) is 33.8 Å². The molecule has 0 saturated carbocycles. The van der Waals surface area contributed by atoms with Gasteiger partial charge < -0.3 is 17.8 Å². The molecular weight excluding hydrogens is 352 g/mol. The molecule has 0 aromatic heterocycles. The first-order valence-electron chi connectivity index (χ1n) is 6.85. The lowest BCUT2D eigenvalue weighted by atomic mass is 10.1. The summed E-state index contributed by atoms with van der Waals surface area (Å²) in [6.07, 6.45) is 0. The van der Waals surface area contributed by atoms with Crippen molar-refractivity contribution in [3.8, 4) is 11.5 Å². The first-order valence-corrected chi connectivity index (χ1v) is 7.52. The zero-order valence-electron chi connectivity index (χ0n) is 12.1. The topological polar surface area (TPSA) is 105 Å². The number of cyclic esters (lactones) is 4. The highest BCUT2D eigenvalue weighted by Gasteiger charge is 2.31. The molecule has 8 nitrogen and oxygen atoms in total. The third-order valence-corrected chi connectivity index (χ3v) is 4.01. The van der Waals surface area contributed by atoms with E-state index in [0.717, 1.165) is 0 Å². The Balaban J connectivity index is 1.44. The van der Waals surface area contributed by atoms with Gasteiger partial charge in [0.15, 0.2) is 0 Å². The second-order valence-corrected chi connectivity index (χ2v) is 5.47. The number of ether oxygens (including phenoxy) is 2. The highest BCUT2D eigenvalue weighted by Crippen LogP contribution is 2.29. The van der Waals surface area contributed by atoms with Gasteiger partial charge in [0.1, 0.15) is 11.5 Å². The minimum absolute atomic E-state index is 0.113. The van der Waals surface area contributed by atoms with Crippen LogP contribution in [0.2, 0.25) is 0 Å². The van der Waals surface area contributed by atoms with E-state index < -0.39 is 23.9 Å². The van der Waals surface area contributed by atoms with Crippen molar-refractivity contribution in [2.24, 2.45) is 0 Å². The van der Waals surface area contributed by atoms with Crippen molar-refractivity contribution in [2.75, 3.05) is 0 Å². The van der Waals surface area contributed by atoms with Crippen molar-refractivity contribution < 1.29 is 37.0 Å². The van der Waals surface area contributed by atoms with Crippen LogP contribution in [0.25, 0.3) is 0 Å². The Hall–Kier alpha value is -3.33. The molecule has 9 heteroatoms. The number of rotatable bonds is 4. The summed E-state index contributed by atoms with van der Waals surface area (Å²) in [5.74, 6) is -2.33. The first-order chi connectivity index (χ1) is 12.0. The molecule has 0 saturated heterocycles. The van der Waals surface area contributed by atoms with Crippen LogP contribution < -0.4 is 8.37 Å². The van der Waals surface area contributed by atoms with E-state index in [1.165, 1.54) is 36.4 Å². The molecule has 0 bridgehead atoms. The molecular formula is C16H6O8S. The quantitative estimate of drug-likeness (QED) is 0.462. The lowest BCUT2D eigenvalue weighted by Crippen LogP contribution is -1.97. The van der Waals surface area contributed by atoms with Gasteiger partial charge in [-0.15, -0.1) is 0 Å². The number of hydrogen-bond acceptors (Lipinski definition) is 9. The second-order valence-electron chi connectivity index (χ2n) is 5.00. The molecule has 0 spiro atoms. The first kappa shape index (κ1) is 15.2. The maximum atomic E-state index is 11.5. The van der Waals surface area contributed by atoms with Gasteiger partial charge in [0.2, 0.25) is 0 Å². The molecule has 2 aromatic rings. The fourth-order valence-corrected chi connectivity index (χ4v) is 2.73. The number of esters is 4. The normalized spacial score (nSPS) is 14.7. The van der Waals surface area contributed by atoms with Crippen LogP contribution in [-0.4, -0.2) is 23.9 Å². The van der Waals surface area contributed by atoms with Crippen LogP contribution in [0, 0.1) is 0 Å². The second kappa shape index (κ2) is 5.64. The molecule has 0 radical (unpaired) electrons. The summed E-state index contributed by atoms with van der Waals surface area (Å²) in [7, 11) is 0. The Bertz CT molecular complexity index is 887. The van der Waals surface area contributed by atoms with Gasteiger partial charge in [-0.25, -0.2) is 19.2 Å². The maximum absolute atomic E-state index is 11.5. The monoisotopic (exact) mass is 358 g/mol. The standard InChI is InChI=1S/C16H6O8S/c17-13-9-3-1-7(5-11(9)15(19)21-13)23-25-24-8-2-4-10-12(6-8)16(20)22-14(10)18/h1-6H. The Morgan fingerprint density at radius 3 is 1.44 bits per heavy atom. The lowest BCUT2D eigenvalue weighted by molar-refractivity contribution is 0.0425. The largest absolute Gasteiger partial charge is 0.391 e. The average molecular weight is 358 g/mol. The van der Waals surface area contributed by atoms with E-state index in [1.54, 1.807) is 0 Å². The predicted octanol–water partition coefficient (Wildman–Crippen LogP) is 2.33. The van der Waals surface area contributed by atoms with Gasteiger partial charge in [-0.3, -0.25) is 0 Å². The van der Waals surface area contributed by atoms with Crippen LogP contribution >= 0.6 is 12.3 Å². The summed E-state index contributed by atoms with van der Waals surface area (Å²) in [4.78, 5) is 45.7. The predicted molar refractivity (Wildman–Crippen MR) is 81.2 cm³/mol. The van der Waals surface area contributed by atoms with Gasteiger partial charge in [0, 0.05) is 0 Å². The van der Waals surface area contributed by atoms with Crippen LogP contribution in [0.3, 0.4) is 0 Å². The third-order valence-electron chi connectivity index (χ3n) is 3.49. The van der Waals surface area contributed by atoms with Crippen molar-refractivity contribution in [3.05, 3.63) is 58.7 Å². The van der Waals surface area contributed by atoms with Crippen molar-refractivity contribution >= 4 is 36.2 Å². The number of benzene rings is 2. The highest BCUT2D eigenvalue weighted by molar-refractivity contribution is 7.90. The molecule has 0 aliphatic carbocycles. The molecule has 4 rings (SSSR count). The van der Waals surface area contributed by atoms with Gasteiger partial charge in [-0.05, 0) is 36.4 Å². The van der Waals surface area contributed by atoms with Crippen LogP contribution in [0.4, 0.5) is 0 Å². The SMILES string of the molecule is O=C1OC(=O)c2cc(OSOc3ccc4c(c3)C(=O)OC4=O)ccc21. The molecule has 0 unspecified atom stereocenters. The van der Waals surface area contributed by atoms with Crippen LogP contribution in [-0.2, 0) is 9.47 Å². The van der Waals surface area contributed by atoms with Crippen molar-refractivity contribution in [1.82, 2.24) is 0 Å². The molecule has 0 atom stereocenters. The molecule has 2 aliphatic rings. The Labute approximate surface area is 144 Å². The molecule has 2 aliphatic heterocycles. The molecule has 2 aromatic carbocycles. The lowest BCUT2D eigenvalue weighted by Gasteiger charge is -2.05. The van der Waals surface area contributed by atoms with Gasteiger partial charge in [-0.1, -0.05) is 0 Å². The van der Waals surface area contributed by atoms with Crippen LogP contribution in [0.5, 0.6) is 11.5 Å². The number of fused-ring (bicyclic) bond motifs is 2. The molecule has 0 fully saturated rings. The Morgan fingerprint density at radius 1 is 0.600 bits per heavy atom. The fourth-order valence-electron chi connectivity index (χ4n) is 2.33. The van der Waals surface area contributed by atoms with E-state index in [9.17, 15) is 19.2 Å². The average Bonchev–Trinajstić information content (AvgIpc) is 3.04. The molecule has 2 heterocycles. The van der Waals surface area contributed by atoms with Crippen LogP contribution in [0.1, 0.15) is 41.4 Å². The zero-order valence-corrected chi connectivity index (χ0v) is 13.0. The van der Waals surface area contributed by atoms with Crippen LogP contribution in [0.15, 0.2) is 36.4 Å². The summed E-state index contributed by atoms with van der Waals surface area (Å²) in [5, 5.41) is 0. The summed E-state index contributed by atoms with van der Waals surface area (Å²) in [5.41, 5.74) is 0.568. The summed E-state index contributed by atoms with van der Waals surface area (Å²) in [6, 6.07) is 8.50. The third kappa shape index (κ3) is 2.60. The molecule has 124 valence electrons. The van der Waals surface area contributed by atoms with E-state index >= 15 is 0 Å². The van der Waals surface area contributed by atoms with E-state index in [1.807, 2.05) is 0 Å². The van der Waals surface area contributed by atoms with Gasteiger partial charge in [-0.2, -0.15) is 0 Å². The molecule has 25 heavy (non-hydrogen) atoms. The van der Waals surface area contributed by atoms with Crippen molar-refractivity contribution in [1.29, 1.82) is 0 Å². The molecule has 0 N–H and O–H groups in total. The van der Waals surface area contributed by atoms with Crippen molar-refractivity contribution in [2.45, 2.75) is 0 Å². The summed E-state index contributed by atoms with van der Waals surface area (Å²) in [6.45, 7) is 0. The molecule has 0 amide bonds. The minimum atomic E-state index is -0.738. The van der Waals surface area contributed by atoms with E-state index in [0.29, 0.717) is 12.3 Å². The Morgan fingerprint density at radius 2 is 1.00 bits per heavy atom. The van der Waals surface area contributed by atoms with Gasteiger partial charge in [0.25, 0.3) is 12.3 Å². The van der Waals surface area contributed by atoms with Gasteiger partial charge in [0.05, 0.1) is 22.3 Å². The Kier molecular flexibility index (Phi) is 3.43. The smallest absolute Gasteiger partial charge is 0.347 e. The highest BCUT2D eigenvalue weighted by atomic mass is 32.2. The maximum Gasteiger partial charge on any atom is 0.347 e. The fraction of sp³-hybridized carbons (Fsp3) is 0. The van der Waals surface area contributed by atoms with Gasteiger partial charge >= 0.3 is 23.9 Å². The number of hydrogen-bond donors (Lipinski definition) is 0. The summed E-state index contributed by atoms with van der Waals surface area (Å²) >= 11 is 0.580. The minimum Gasteiger partial charge on any atom is -0.391 e.